The van der Waals surface area contributed by atoms with Gasteiger partial charge >= 0.3 is 0 Å². The average molecular weight is 401 g/mol. The number of amides is 1. The molecule has 1 aliphatic carbocycles. The Hall–Kier alpha value is -1.53. The van der Waals surface area contributed by atoms with Crippen LogP contribution in [0.1, 0.15) is 73.4 Å². The zero-order chi connectivity index (χ0) is 20.2. The maximum Gasteiger partial charge on any atom is 0.272 e. The molecule has 3 heterocycles. The second-order valence-corrected chi connectivity index (χ2v) is 9.20. The van der Waals surface area contributed by atoms with Gasteiger partial charge in [-0.15, -0.1) is 0 Å². The molecule has 3 fully saturated rings. The van der Waals surface area contributed by atoms with Crippen LogP contribution in [0.2, 0.25) is 0 Å². The van der Waals surface area contributed by atoms with Gasteiger partial charge in [0.1, 0.15) is 11.5 Å². The summed E-state index contributed by atoms with van der Waals surface area (Å²) in [7, 11) is 0. The highest BCUT2D eigenvalue weighted by Crippen LogP contribution is 2.28. The normalized spacial score (nSPS) is 24.3. The predicted molar refractivity (Wildman–Crippen MR) is 113 cm³/mol. The number of likely N-dealkylation sites (tertiary alicyclic amines) is 1. The molecule has 0 unspecified atom stereocenters. The van der Waals surface area contributed by atoms with E-state index in [1.807, 2.05) is 24.8 Å². The highest BCUT2D eigenvalue weighted by molar-refractivity contribution is 5.92. The van der Waals surface area contributed by atoms with Crippen LogP contribution in [0.15, 0.2) is 6.07 Å². The number of carbonyl (C=O) groups excluding carboxylic acids is 1. The number of rotatable bonds is 6. The van der Waals surface area contributed by atoms with E-state index >= 15 is 0 Å². The van der Waals surface area contributed by atoms with Gasteiger partial charge in [-0.25, -0.2) is 9.97 Å². The Balaban J connectivity index is 1.40. The summed E-state index contributed by atoms with van der Waals surface area (Å²) in [6.45, 7) is 8.47. The van der Waals surface area contributed by atoms with E-state index in [4.69, 9.17) is 4.74 Å². The number of carbonyl (C=O) groups is 1. The first-order valence-electron chi connectivity index (χ1n) is 11.6. The van der Waals surface area contributed by atoms with Gasteiger partial charge in [0, 0.05) is 31.4 Å². The Morgan fingerprint density at radius 3 is 2.48 bits per heavy atom. The van der Waals surface area contributed by atoms with E-state index < -0.39 is 0 Å². The highest BCUT2D eigenvalue weighted by Gasteiger charge is 2.31. The zero-order valence-electron chi connectivity index (χ0n) is 18.1. The molecule has 1 atom stereocenters. The van der Waals surface area contributed by atoms with E-state index in [0.717, 1.165) is 37.7 Å². The Morgan fingerprint density at radius 2 is 1.83 bits per heavy atom. The van der Waals surface area contributed by atoms with Crippen LogP contribution in [-0.2, 0) is 4.74 Å². The number of hydrogen-bond acceptors (Lipinski definition) is 5. The van der Waals surface area contributed by atoms with E-state index in [9.17, 15) is 4.79 Å². The van der Waals surface area contributed by atoms with Crippen LogP contribution in [-0.4, -0.2) is 70.6 Å². The molecule has 2 saturated heterocycles. The van der Waals surface area contributed by atoms with E-state index in [-0.39, 0.29) is 12.0 Å². The summed E-state index contributed by atoms with van der Waals surface area (Å²) in [5, 5.41) is 0. The average Bonchev–Trinajstić information content (AvgIpc) is 3.41. The third-order valence-electron chi connectivity index (χ3n) is 6.89. The molecule has 0 aromatic carbocycles. The monoisotopic (exact) mass is 400 g/mol. The third-order valence-corrected chi connectivity index (χ3v) is 6.89. The van der Waals surface area contributed by atoms with Crippen molar-refractivity contribution in [3.05, 3.63) is 23.3 Å². The molecule has 2 aliphatic heterocycles. The van der Waals surface area contributed by atoms with Crippen molar-refractivity contribution in [2.24, 2.45) is 5.92 Å². The summed E-state index contributed by atoms with van der Waals surface area (Å²) in [6.07, 6.45) is 10.2. The summed E-state index contributed by atoms with van der Waals surface area (Å²) >= 11 is 0. The van der Waals surface area contributed by atoms with Crippen LogP contribution in [0.4, 0.5) is 0 Å². The fraction of sp³-hybridized carbons (Fsp3) is 0.783. The summed E-state index contributed by atoms with van der Waals surface area (Å²) in [6, 6.07) is 2.63. The van der Waals surface area contributed by atoms with Crippen LogP contribution in [0.5, 0.6) is 0 Å². The van der Waals surface area contributed by atoms with Gasteiger partial charge < -0.3 is 14.5 Å². The quantitative estimate of drug-likeness (QED) is 0.733. The number of hydrogen-bond donors (Lipinski definition) is 0. The summed E-state index contributed by atoms with van der Waals surface area (Å²) < 4.78 is 5.86. The Kier molecular flexibility index (Phi) is 6.81. The first-order chi connectivity index (χ1) is 14.1. The molecule has 0 bridgehead atoms. The van der Waals surface area contributed by atoms with Gasteiger partial charge in [-0.2, -0.15) is 0 Å². The second kappa shape index (κ2) is 9.52. The lowest BCUT2D eigenvalue weighted by Crippen LogP contribution is -2.45. The number of aryl methyl sites for hydroxylation is 2. The van der Waals surface area contributed by atoms with E-state index in [0.29, 0.717) is 24.0 Å². The molecule has 1 aromatic heterocycles. The smallest absolute Gasteiger partial charge is 0.272 e. The predicted octanol–water partition coefficient (Wildman–Crippen LogP) is 3.37. The summed E-state index contributed by atoms with van der Waals surface area (Å²) in [5.41, 5.74) is 1.37. The van der Waals surface area contributed by atoms with Crippen molar-refractivity contribution in [2.45, 2.75) is 77.4 Å². The largest absolute Gasteiger partial charge is 0.376 e. The number of nitrogens with zero attached hydrogens (tertiary/aromatic N) is 4. The maximum absolute atomic E-state index is 13.4. The van der Waals surface area contributed by atoms with Crippen molar-refractivity contribution in [2.75, 3.05) is 32.8 Å². The van der Waals surface area contributed by atoms with Gasteiger partial charge in [0.25, 0.3) is 5.91 Å². The summed E-state index contributed by atoms with van der Waals surface area (Å²) in [4.78, 5) is 26.8. The van der Waals surface area contributed by atoms with Crippen molar-refractivity contribution in [1.82, 2.24) is 19.8 Å². The fourth-order valence-corrected chi connectivity index (χ4v) is 5.34. The minimum absolute atomic E-state index is 0.0346. The van der Waals surface area contributed by atoms with Gasteiger partial charge in [0.05, 0.1) is 6.10 Å². The molecule has 29 heavy (non-hydrogen) atoms. The van der Waals surface area contributed by atoms with Crippen LogP contribution in [0.25, 0.3) is 0 Å². The van der Waals surface area contributed by atoms with Crippen LogP contribution in [0.3, 0.4) is 0 Å². The molecular weight excluding hydrogens is 364 g/mol. The molecule has 6 nitrogen and oxygen atoms in total. The lowest BCUT2D eigenvalue weighted by Gasteiger charge is -2.38. The first-order valence-corrected chi connectivity index (χ1v) is 11.6. The molecule has 6 heteroatoms. The molecule has 0 spiro atoms. The van der Waals surface area contributed by atoms with Crippen molar-refractivity contribution in [3.63, 3.8) is 0 Å². The Bertz CT molecular complexity index is 670. The van der Waals surface area contributed by atoms with E-state index in [2.05, 4.69) is 14.9 Å². The lowest BCUT2D eigenvalue weighted by atomic mass is 9.94. The second-order valence-electron chi connectivity index (χ2n) is 9.20. The molecule has 0 radical (unpaired) electrons. The third kappa shape index (κ3) is 5.34. The van der Waals surface area contributed by atoms with Gasteiger partial charge in [0.15, 0.2) is 0 Å². The highest BCUT2D eigenvalue weighted by atomic mass is 16.5. The summed E-state index contributed by atoms with van der Waals surface area (Å²) in [5.74, 6) is 1.27. The first kappa shape index (κ1) is 20.7. The molecular formula is C23H36N4O2. The van der Waals surface area contributed by atoms with E-state index in [1.165, 1.54) is 51.6 Å². The molecule has 0 N–H and O–H groups in total. The molecule has 4 rings (SSSR count). The topological polar surface area (TPSA) is 58.6 Å². The van der Waals surface area contributed by atoms with Gasteiger partial charge in [-0.3, -0.25) is 4.79 Å². The Morgan fingerprint density at radius 1 is 1.07 bits per heavy atom. The van der Waals surface area contributed by atoms with Gasteiger partial charge in [-0.05, 0) is 77.4 Å². The lowest BCUT2D eigenvalue weighted by molar-refractivity contribution is 0.0425. The fourth-order valence-electron chi connectivity index (χ4n) is 5.34. The van der Waals surface area contributed by atoms with Crippen molar-refractivity contribution < 1.29 is 9.53 Å². The molecule has 160 valence electrons. The zero-order valence-corrected chi connectivity index (χ0v) is 18.1. The van der Waals surface area contributed by atoms with E-state index in [1.54, 1.807) is 0 Å². The minimum atomic E-state index is 0.0346. The van der Waals surface area contributed by atoms with Crippen molar-refractivity contribution in [1.29, 1.82) is 0 Å². The SMILES string of the molecule is Cc1cc(C(=O)N(CC2CCN(C3CCCC3)CC2)C[C@@H]2CCCO2)nc(C)n1. The maximum atomic E-state index is 13.4. The van der Waals surface area contributed by atoms with Crippen molar-refractivity contribution in [3.8, 4) is 0 Å². The van der Waals surface area contributed by atoms with Crippen LogP contribution >= 0.6 is 0 Å². The number of aromatic nitrogens is 2. The molecule has 1 amide bonds. The number of piperidine rings is 1. The molecule has 3 aliphatic rings. The molecule has 1 saturated carbocycles. The minimum Gasteiger partial charge on any atom is -0.376 e. The number of ether oxygens (including phenoxy) is 1. The Labute approximate surface area is 175 Å². The standard InChI is InChI=1S/C23H36N4O2/c1-17-14-22(25-18(2)24-17)23(28)27(16-21-8-5-13-29-21)15-19-9-11-26(12-10-19)20-6-3-4-7-20/h14,19-21H,3-13,15-16H2,1-2H3/t21-/m0/s1. The molecule has 1 aromatic rings. The van der Waals surface area contributed by atoms with Crippen LogP contribution in [0, 0.1) is 19.8 Å². The van der Waals surface area contributed by atoms with Crippen LogP contribution < -0.4 is 0 Å². The van der Waals surface area contributed by atoms with Gasteiger partial charge in [0.2, 0.25) is 0 Å². The van der Waals surface area contributed by atoms with Gasteiger partial charge in [-0.1, -0.05) is 12.8 Å². The van der Waals surface area contributed by atoms with Crippen molar-refractivity contribution >= 4 is 5.91 Å².